The molecule has 0 bridgehead atoms. The van der Waals surface area contributed by atoms with E-state index in [9.17, 15) is 9.59 Å². The molecule has 2 aliphatic rings. The van der Waals surface area contributed by atoms with Crippen LogP contribution in [0.3, 0.4) is 0 Å². The van der Waals surface area contributed by atoms with E-state index in [1.807, 2.05) is 133 Å². The van der Waals surface area contributed by atoms with Gasteiger partial charge >= 0.3 is 11.9 Å². The van der Waals surface area contributed by atoms with Crippen molar-refractivity contribution in [3.8, 4) is 0 Å². The van der Waals surface area contributed by atoms with Gasteiger partial charge in [0, 0.05) is 56.7 Å². The van der Waals surface area contributed by atoms with Crippen molar-refractivity contribution in [3.05, 3.63) is 200 Å². The zero-order valence-electron chi connectivity index (χ0n) is 38.9. The first kappa shape index (κ1) is 49.8. The van der Waals surface area contributed by atoms with Crippen molar-refractivity contribution in [2.75, 3.05) is 0 Å². The lowest BCUT2D eigenvalue weighted by Crippen LogP contribution is -2.54. The van der Waals surface area contributed by atoms with E-state index in [2.05, 4.69) is 9.97 Å². The lowest BCUT2D eigenvalue weighted by Gasteiger charge is -2.52. The second kappa shape index (κ2) is 21.2. The largest absolute Gasteiger partial charge is 0.393 e. The summed E-state index contributed by atoms with van der Waals surface area (Å²) in [4.78, 5) is 72.3. The van der Waals surface area contributed by atoms with Crippen LogP contribution in [0.5, 0.6) is 0 Å². The van der Waals surface area contributed by atoms with Gasteiger partial charge < -0.3 is 14.5 Å². The molecule has 13 heteroatoms. The van der Waals surface area contributed by atoms with Gasteiger partial charge in [-0.25, -0.2) is 0 Å². The number of carbonyl (C=O) groups is 4. The summed E-state index contributed by atoms with van der Waals surface area (Å²) in [5.41, 5.74) is 2.48. The van der Waals surface area contributed by atoms with E-state index >= 15 is 9.59 Å². The first-order valence-corrected chi connectivity index (χ1v) is 24.8. The Balaban J connectivity index is 1.13. The Kier molecular flexibility index (Phi) is 15.3. The highest BCUT2D eigenvalue weighted by molar-refractivity contribution is 6.31. The van der Waals surface area contributed by atoms with Gasteiger partial charge in [-0.1, -0.05) is 135 Å². The average molecular weight is 1000 g/mol. The van der Waals surface area contributed by atoms with Crippen molar-refractivity contribution in [2.45, 2.75) is 102 Å². The maximum absolute atomic E-state index is 15.4. The molecule has 0 radical (unpaired) electrons. The van der Waals surface area contributed by atoms with Crippen LogP contribution in [0.4, 0.5) is 0 Å². The number of ether oxygens (including phenoxy) is 1. The van der Waals surface area contributed by atoms with E-state index in [-0.39, 0.29) is 36.5 Å². The van der Waals surface area contributed by atoms with E-state index in [1.165, 1.54) is 0 Å². The van der Waals surface area contributed by atoms with Crippen LogP contribution in [-0.2, 0) is 23.9 Å². The maximum atomic E-state index is 15.4. The topological polar surface area (TPSA) is 110 Å². The number of nitrogens with zero attached hydrogens (tertiary/aromatic N) is 4. The standard InChI is InChI=1S/C56H54Cl4N4O5/c1-5-47(39-13-9-25-61-33-39)63-51(35-17-21-41(57)22-18-35)45(37-11-7-15-43(59)27-37)29-55(3,53(63)67)31-49(65)69-50(66)32-56(4)30-46(38-12-8-16-44(60)28-38)52(36-19-23-42(58)24-20-36)64(54(56)68)48(6-2)40-14-10-26-62-34-40/h7-28,33-34,45-48,51-52H,5-6,29-32H2,1-4H3. The summed E-state index contributed by atoms with van der Waals surface area (Å²) in [7, 11) is 0. The Bertz CT molecular complexity index is 2610. The van der Waals surface area contributed by atoms with E-state index in [0.29, 0.717) is 32.9 Å². The van der Waals surface area contributed by atoms with Crippen LogP contribution in [0.1, 0.15) is 136 Å². The third-order valence-corrected chi connectivity index (χ3v) is 15.0. The predicted octanol–water partition coefficient (Wildman–Crippen LogP) is 14.1. The van der Waals surface area contributed by atoms with Crippen molar-refractivity contribution < 1.29 is 23.9 Å². The first-order chi connectivity index (χ1) is 33.1. The number of pyridine rings is 2. The highest BCUT2D eigenvalue weighted by Gasteiger charge is 2.55. The van der Waals surface area contributed by atoms with Gasteiger partial charge in [-0.15, -0.1) is 0 Å². The summed E-state index contributed by atoms with van der Waals surface area (Å²) in [5, 5.41) is 2.17. The number of halogens is 4. The lowest BCUT2D eigenvalue weighted by molar-refractivity contribution is -0.172. The van der Waals surface area contributed by atoms with Crippen molar-refractivity contribution in [1.29, 1.82) is 0 Å². The van der Waals surface area contributed by atoms with Crippen LogP contribution >= 0.6 is 46.4 Å². The van der Waals surface area contributed by atoms with Gasteiger partial charge in [0.05, 0.1) is 47.8 Å². The van der Waals surface area contributed by atoms with Crippen molar-refractivity contribution in [2.24, 2.45) is 10.8 Å². The summed E-state index contributed by atoms with van der Waals surface area (Å²) in [5.74, 6) is -2.98. The monoisotopic (exact) mass is 1000 g/mol. The molecule has 4 heterocycles. The SMILES string of the molecule is CCC(c1cccnc1)N1C(=O)C(C)(CC(=O)OC(=O)CC2(C)CC(c3cccc(Cl)c3)C(c3ccc(Cl)cc3)N(C(CC)c3cccnc3)C2=O)CC(c2cccc(Cl)c2)C1c1ccc(Cl)cc1. The van der Waals surface area contributed by atoms with Crippen LogP contribution in [-0.4, -0.2) is 43.5 Å². The molecule has 0 spiro atoms. The van der Waals surface area contributed by atoms with Gasteiger partial charge in [0.1, 0.15) is 0 Å². The molecule has 4 aromatic carbocycles. The van der Waals surface area contributed by atoms with Crippen molar-refractivity contribution >= 4 is 70.2 Å². The smallest absolute Gasteiger partial charge is 0.314 e. The maximum Gasteiger partial charge on any atom is 0.314 e. The number of benzene rings is 4. The molecule has 2 aliphatic heterocycles. The highest BCUT2D eigenvalue weighted by Crippen LogP contribution is 2.56. The van der Waals surface area contributed by atoms with E-state index in [4.69, 9.17) is 51.1 Å². The fraction of sp³-hybridized carbons (Fsp3) is 0.321. The van der Waals surface area contributed by atoms with Crippen molar-refractivity contribution in [3.63, 3.8) is 0 Å². The second-order valence-corrected chi connectivity index (χ2v) is 20.6. The number of hydrogen-bond donors (Lipinski definition) is 0. The Morgan fingerprint density at radius 3 is 1.29 bits per heavy atom. The fourth-order valence-corrected chi connectivity index (χ4v) is 11.6. The Hall–Kier alpha value is -5.58. The molecule has 2 aromatic heterocycles. The zero-order chi connectivity index (χ0) is 49.0. The molecule has 0 aliphatic carbocycles. The summed E-state index contributed by atoms with van der Waals surface area (Å²) >= 11 is 26.1. The van der Waals surface area contributed by atoms with E-state index < -0.39 is 59.8 Å². The van der Waals surface area contributed by atoms with Gasteiger partial charge in [-0.05, 0) is 120 Å². The van der Waals surface area contributed by atoms with Crippen LogP contribution < -0.4 is 0 Å². The lowest BCUT2D eigenvalue weighted by atomic mass is 9.66. The molecule has 0 saturated carbocycles. The molecule has 2 saturated heterocycles. The minimum Gasteiger partial charge on any atom is -0.393 e. The first-order valence-electron chi connectivity index (χ1n) is 23.3. The molecule has 8 unspecified atom stereocenters. The Labute approximate surface area is 424 Å². The molecule has 2 fully saturated rings. The third-order valence-electron chi connectivity index (χ3n) is 14.1. The average Bonchev–Trinajstić information content (AvgIpc) is 3.33. The summed E-state index contributed by atoms with van der Waals surface area (Å²) < 4.78 is 5.75. The van der Waals surface area contributed by atoms with Gasteiger partial charge in [0.15, 0.2) is 0 Å². The number of amides is 2. The number of hydrogen-bond acceptors (Lipinski definition) is 7. The normalized spacial score (nSPS) is 23.6. The predicted molar refractivity (Wildman–Crippen MR) is 271 cm³/mol. The molecule has 0 N–H and O–H groups in total. The van der Waals surface area contributed by atoms with E-state index in [1.54, 1.807) is 50.8 Å². The zero-order valence-corrected chi connectivity index (χ0v) is 41.9. The summed E-state index contributed by atoms with van der Waals surface area (Å²) in [6.07, 6.45) is 7.64. The Morgan fingerprint density at radius 1 is 0.565 bits per heavy atom. The highest BCUT2D eigenvalue weighted by atomic mass is 35.5. The Morgan fingerprint density at radius 2 is 0.957 bits per heavy atom. The molecule has 8 atom stereocenters. The molecule has 6 aromatic rings. The number of likely N-dealkylation sites (tertiary alicyclic amines) is 2. The fourth-order valence-electron chi connectivity index (χ4n) is 10.9. The van der Waals surface area contributed by atoms with Crippen LogP contribution in [0.15, 0.2) is 146 Å². The minimum absolute atomic E-state index is 0.230. The second-order valence-electron chi connectivity index (χ2n) is 18.9. The molecule has 2 amide bonds. The molecular formula is C56H54Cl4N4O5. The molecular weight excluding hydrogens is 950 g/mol. The van der Waals surface area contributed by atoms with Crippen molar-refractivity contribution in [1.82, 2.24) is 19.8 Å². The minimum atomic E-state index is -1.34. The van der Waals surface area contributed by atoms with Gasteiger partial charge in [0.25, 0.3) is 0 Å². The van der Waals surface area contributed by atoms with E-state index in [0.717, 1.165) is 33.4 Å². The summed E-state index contributed by atoms with van der Waals surface area (Å²) in [6, 6.07) is 35.8. The number of piperidine rings is 2. The summed E-state index contributed by atoms with van der Waals surface area (Å²) in [6.45, 7) is 7.55. The number of rotatable bonds is 14. The molecule has 8 rings (SSSR count). The number of carbonyl (C=O) groups excluding carboxylic acids is 4. The molecule has 69 heavy (non-hydrogen) atoms. The van der Waals surface area contributed by atoms with Crippen LogP contribution in [0.2, 0.25) is 20.1 Å². The quantitative estimate of drug-likeness (QED) is 0.0789. The van der Waals surface area contributed by atoms with Gasteiger partial charge in [0.2, 0.25) is 11.8 Å². The van der Waals surface area contributed by atoms with Crippen LogP contribution in [0.25, 0.3) is 0 Å². The number of aromatic nitrogens is 2. The third kappa shape index (κ3) is 10.6. The van der Waals surface area contributed by atoms with Crippen LogP contribution in [0, 0.1) is 10.8 Å². The molecule has 9 nitrogen and oxygen atoms in total. The van der Waals surface area contributed by atoms with Gasteiger partial charge in [-0.2, -0.15) is 0 Å². The molecule has 356 valence electrons. The van der Waals surface area contributed by atoms with Gasteiger partial charge in [-0.3, -0.25) is 29.1 Å². The number of esters is 2.